The number of likely N-dealkylation sites (tertiary alicyclic amines) is 1. The fraction of sp³-hybridized carbons (Fsp3) is 0.867. The SMILES string of the molecule is COCC1(C(=O)N2CCC[C@H](CCC(=O)O)C2)CCC1. The van der Waals surface area contributed by atoms with Crippen molar-refractivity contribution < 1.29 is 19.4 Å². The average molecular weight is 283 g/mol. The van der Waals surface area contributed by atoms with Crippen molar-refractivity contribution in [3.8, 4) is 0 Å². The summed E-state index contributed by atoms with van der Waals surface area (Å²) in [6, 6.07) is 0. The zero-order valence-electron chi connectivity index (χ0n) is 12.3. The first-order chi connectivity index (χ1) is 9.57. The molecule has 0 bridgehead atoms. The molecular weight excluding hydrogens is 258 g/mol. The second kappa shape index (κ2) is 6.57. The Bertz CT molecular complexity index is 365. The van der Waals surface area contributed by atoms with Crippen LogP contribution in [0.3, 0.4) is 0 Å². The molecule has 2 rings (SSSR count). The minimum absolute atomic E-state index is 0.204. The van der Waals surface area contributed by atoms with Crippen LogP contribution in [0.4, 0.5) is 0 Å². The number of aliphatic carboxylic acids is 1. The standard InChI is InChI=1S/C15H25NO4/c1-20-11-15(7-3-8-15)14(19)16-9-2-4-12(10-16)5-6-13(17)18/h12H,2-11H2,1H3,(H,17,18)/t12-/m1/s1. The van der Waals surface area contributed by atoms with Gasteiger partial charge in [-0.05, 0) is 38.0 Å². The molecule has 1 aliphatic carbocycles. The van der Waals surface area contributed by atoms with Gasteiger partial charge in [0, 0.05) is 26.6 Å². The molecule has 1 aliphatic heterocycles. The van der Waals surface area contributed by atoms with Crippen molar-refractivity contribution in [1.82, 2.24) is 4.90 Å². The lowest BCUT2D eigenvalue weighted by atomic mass is 9.68. The van der Waals surface area contributed by atoms with E-state index in [4.69, 9.17) is 9.84 Å². The van der Waals surface area contributed by atoms with E-state index in [0.29, 0.717) is 18.9 Å². The molecule has 1 heterocycles. The molecule has 1 amide bonds. The summed E-state index contributed by atoms with van der Waals surface area (Å²) in [4.78, 5) is 25.3. The summed E-state index contributed by atoms with van der Waals surface area (Å²) in [6.45, 7) is 2.05. The van der Waals surface area contributed by atoms with Crippen molar-refractivity contribution in [2.75, 3.05) is 26.8 Å². The van der Waals surface area contributed by atoms with Crippen molar-refractivity contribution in [3.63, 3.8) is 0 Å². The van der Waals surface area contributed by atoms with Gasteiger partial charge in [0.1, 0.15) is 0 Å². The minimum atomic E-state index is -0.747. The topological polar surface area (TPSA) is 66.8 Å². The highest BCUT2D eigenvalue weighted by atomic mass is 16.5. The van der Waals surface area contributed by atoms with Gasteiger partial charge in [-0.1, -0.05) is 6.42 Å². The van der Waals surface area contributed by atoms with Gasteiger partial charge in [-0.3, -0.25) is 9.59 Å². The van der Waals surface area contributed by atoms with Gasteiger partial charge in [-0.2, -0.15) is 0 Å². The molecule has 0 radical (unpaired) electrons. The first-order valence-electron chi connectivity index (χ1n) is 7.57. The number of carbonyl (C=O) groups is 2. The Morgan fingerprint density at radius 1 is 1.35 bits per heavy atom. The number of rotatable bonds is 6. The molecule has 114 valence electrons. The minimum Gasteiger partial charge on any atom is -0.481 e. The fourth-order valence-corrected chi connectivity index (χ4v) is 3.45. The molecule has 0 aromatic rings. The van der Waals surface area contributed by atoms with E-state index in [1.807, 2.05) is 4.90 Å². The number of ether oxygens (including phenoxy) is 1. The summed E-state index contributed by atoms with van der Waals surface area (Å²) in [7, 11) is 1.65. The second-order valence-corrected chi connectivity index (χ2v) is 6.26. The van der Waals surface area contributed by atoms with Crippen LogP contribution < -0.4 is 0 Å². The van der Waals surface area contributed by atoms with Crippen molar-refractivity contribution in [3.05, 3.63) is 0 Å². The molecule has 20 heavy (non-hydrogen) atoms. The van der Waals surface area contributed by atoms with E-state index in [-0.39, 0.29) is 17.7 Å². The molecule has 1 saturated carbocycles. The Morgan fingerprint density at radius 2 is 2.10 bits per heavy atom. The summed E-state index contributed by atoms with van der Waals surface area (Å²) in [5.74, 6) is -0.183. The first-order valence-corrected chi connectivity index (χ1v) is 7.57. The number of carboxylic acids is 1. The highest BCUT2D eigenvalue weighted by Gasteiger charge is 2.46. The van der Waals surface area contributed by atoms with E-state index in [0.717, 1.165) is 45.2 Å². The Balaban J connectivity index is 1.91. The molecule has 1 N–H and O–H groups in total. The number of methoxy groups -OCH3 is 1. The maximum absolute atomic E-state index is 12.7. The number of hydrogen-bond acceptors (Lipinski definition) is 3. The van der Waals surface area contributed by atoms with Crippen LogP contribution in [-0.2, 0) is 14.3 Å². The van der Waals surface area contributed by atoms with Crippen LogP contribution in [0.15, 0.2) is 0 Å². The summed E-state index contributed by atoms with van der Waals surface area (Å²) in [5.41, 5.74) is -0.288. The van der Waals surface area contributed by atoms with Crippen molar-refractivity contribution >= 4 is 11.9 Å². The third-order valence-electron chi connectivity index (χ3n) is 4.76. The molecule has 0 aromatic carbocycles. The zero-order valence-corrected chi connectivity index (χ0v) is 12.3. The van der Waals surface area contributed by atoms with E-state index in [9.17, 15) is 9.59 Å². The van der Waals surface area contributed by atoms with E-state index in [1.165, 1.54) is 0 Å². The van der Waals surface area contributed by atoms with E-state index in [1.54, 1.807) is 7.11 Å². The van der Waals surface area contributed by atoms with E-state index in [2.05, 4.69) is 0 Å². The first kappa shape index (κ1) is 15.3. The van der Waals surface area contributed by atoms with Crippen LogP contribution in [0.25, 0.3) is 0 Å². The number of carbonyl (C=O) groups excluding carboxylic acids is 1. The average Bonchev–Trinajstić information content (AvgIpc) is 2.40. The Hall–Kier alpha value is -1.10. The predicted molar refractivity (Wildman–Crippen MR) is 74.3 cm³/mol. The summed E-state index contributed by atoms with van der Waals surface area (Å²) >= 11 is 0. The van der Waals surface area contributed by atoms with E-state index >= 15 is 0 Å². The molecule has 5 heteroatoms. The molecule has 0 spiro atoms. The molecule has 2 fully saturated rings. The maximum atomic E-state index is 12.7. The van der Waals surface area contributed by atoms with E-state index < -0.39 is 5.97 Å². The van der Waals surface area contributed by atoms with Crippen molar-refractivity contribution in [2.45, 2.75) is 44.9 Å². The smallest absolute Gasteiger partial charge is 0.303 e. The molecular formula is C15H25NO4. The van der Waals surface area contributed by atoms with Gasteiger partial charge in [0.05, 0.1) is 12.0 Å². The lowest BCUT2D eigenvalue weighted by Crippen LogP contribution is -2.53. The third-order valence-corrected chi connectivity index (χ3v) is 4.76. The molecule has 5 nitrogen and oxygen atoms in total. The Morgan fingerprint density at radius 3 is 2.65 bits per heavy atom. The van der Waals surface area contributed by atoms with Crippen molar-refractivity contribution in [2.24, 2.45) is 11.3 Å². The second-order valence-electron chi connectivity index (χ2n) is 6.26. The van der Waals surface area contributed by atoms with Gasteiger partial charge < -0.3 is 14.7 Å². The van der Waals surface area contributed by atoms with Crippen molar-refractivity contribution in [1.29, 1.82) is 0 Å². The number of hydrogen-bond donors (Lipinski definition) is 1. The van der Waals surface area contributed by atoms with Gasteiger partial charge in [0.25, 0.3) is 0 Å². The van der Waals surface area contributed by atoms with Crippen LogP contribution in [0.2, 0.25) is 0 Å². The monoisotopic (exact) mass is 283 g/mol. The summed E-state index contributed by atoms with van der Waals surface area (Å²) in [6.07, 6.45) is 5.86. The highest BCUT2D eigenvalue weighted by molar-refractivity contribution is 5.84. The highest BCUT2D eigenvalue weighted by Crippen LogP contribution is 2.43. The van der Waals surface area contributed by atoms with Crippen LogP contribution in [0, 0.1) is 11.3 Å². The molecule has 2 aliphatic rings. The number of nitrogens with zero attached hydrogens (tertiary/aromatic N) is 1. The van der Waals surface area contributed by atoms with Gasteiger partial charge in [0.2, 0.25) is 5.91 Å². The van der Waals surface area contributed by atoms with Gasteiger partial charge in [-0.25, -0.2) is 0 Å². The fourth-order valence-electron chi connectivity index (χ4n) is 3.45. The van der Waals surface area contributed by atoms with Gasteiger partial charge >= 0.3 is 5.97 Å². The summed E-state index contributed by atoms with van der Waals surface area (Å²) in [5, 5.41) is 8.77. The van der Waals surface area contributed by atoms with Gasteiger partial charge in [-0.15, -0.1) is 0 Å². The molecule has 1 saturated heterocycles. The van der Waals surface area contributed by atoms with Crippen LogP contribution in [0.1, 0.15) is 44.9 Å². The largest absolute Gasteiger partial charge is 0.481 e. The Kier molecular flexibility index (Phi) is 5.02. The zero-order chi connectivity index (χ0) is 14.6. The van der Waals surface area contributed by atoms with Crippen LogP contribution in [0.5, 0.6) is 0 Å². The van der Waals surface area contributed by atoms with Crippen LogP contribution in [-0.4, -0.2) is 48.7 Å². The van der Waals surface area contributed by atoms with Crippen LogP contribution >= 0.6 is 0 Å². The van der Waals surface area contributed by atoms with Gasteiger partial charge in [0.15, 0.2) is 0 Å². The lowest BCUT2D eigenvalue weighted by Gasteiger charge is -2.45. The number of piperidine rings is 1. The maximum Gasteiger partial charge on any atom is 0.303 e. The third kappa shape index (κ3) is 3.32. The molecule has 0 unspecified atom stereocenters. The Labute approximate surface area is 120 Å². The predicted octanol–water partition coefficient (Wildman–Crippen LogP) is 1.91. The number of amides is 1. The normalized spacial score (nSPS) is 25.1. The molecule has 1 atom stereocenters. The number of carboxylic acid groups (broad SMARTS) is 1. The quantitative estimate of drug-likeness (QED) is 0.808. The molecule has 0 aromatic heterocycles. The lowest BCUT2D eigenvalue weighted by molar-refractivity contribution is -0.154. The summed E-state index contributed by atoms with van der Waals surface area (Å²) < 4.78 is 5.24.